The Morgan fingerprint density at radius 1 is 1.04 bits per heavy atom. The summed E-state index contributed by atoms with van der Waals surface area (Å²) in [5.74, 6) is 0.301. The maximum Gasteiger partial charge on any atom is 0.316 e. The van der Waals surface area contributed by atoms with Crippen molar-refractivity contribution in [2.45, 2.75) is 18.7 Å². The largest absolute Gasteiger partial charge is 0.455 e. The van der Waals surface area contributed by atoms with E-state index in [4.69, 9.17) is 4.74 Å². The van der Waals surface area contributed by atoms with E-state index in [1.807, 2.05) is 67.6 Å². The molecule has 1 atom stereocenters. The lowest BCUT2D eigenvalue weighted by atomic mass is 10.1. The number of carbonyl (C=O) groups is 2. The Morgan fingerprint density at radius 3 is 2.33 bits per heavy atom. The van der Waals surface area contributed by atoms with E-state index in [1.165, 1.54) is 11.8 Å². The zero-order valence-electron chi connectivity index (χ0n) is 13.6. The molecule has 126 valence electrons. The Labute approximate surface area is 146 Å². The first-order valence-electron chi connectivity index (χ1n) is 7.77. The second-order valence-corrected chi connectivity index (χ2v) is 6.32. The highest BCUT2D eigenvalue weighted by Crippen LogP contribution is 2.12. The van der Waals surface area contributed by atoms with Gasteiger partial charge in [-0.25, -0.2) is 0 Å². The van der Waals surface area contributed by atoms with Gasteiger partial charge in [-0.1, -0.05) is 60.7 Å². The van der Waals surface area contributed by atoms with Gasteiger partial charge in [-0.2, -0.15) is 0 Å². The molecular weight excluding hydrogens is 322 g/mol. The second kappa shape index (κ2) is 9.78. The average molecular weight is 343 g/mol. The summed E-state index contributed by atoms with van der Waals surface area (Å²) in [5, 5.41) is 2.81. The second-order valence-electron chi connectivity index (χ2n) is 5.34. The van der Waals surface area contributed by atoms with Crippen LogP contribution in [0.4, 0.5) is 0 Å². The van der Waals surface area contributed by atoms with Gasteiger partial charge in [-0.05, 0) is 18.1 Å². The predicted molar refractivity (Wildman–Crippen MR) is 96.6 cm³/mol. The SMILES string of the molecule is C[C@H](NC(=O)COC(=O)CSCc1ccccc1)c1ccccc1. The minimum atomic E-state index is -0.376. The summed E-state index contributed by atoms with van der Waals surface area (Å²) in [6.07, 6.45) is 0. The number of hydrogen-bond donors (Lipinski definition) is 1. The third-order valence-corrected chi connectivity index (χ3v) is 4.35. The number of ether oxygens (including phenoxy) is 1. The third-order valence-electron chi connectivity index (χ3n) is 3.37. The molecular formula is C19H21NO3S. The summed E-state index contributed by atoms with van der Waals surface area (Å²) in [5.41, 5.74) is 2.17. The van der Waals surface area contributed by atoms with Gasteiger partial charge in [0.1, 0.15) is 0 Å². The van der Waals surface area contributed by atoms with E-state index in [-0.39, 0.29) is 30.3 Å². The van der Waals surface area contributed by atoms with Crippen LogP contribution < -0.4 is 5.32 Å². The summed E-state index contributed by atoms with van der Waals surface area (Å²) < 4.78 is 5.01. The first-order valence-corrected chi connectivity index (χ1v) is 8.92. The summed E-state index contributed by atoms with van der Waals surface area (Å²) in [6, 6.07) is 19.4. The van der Waals surface area contributed by atoms with Gasteiger partial charge in [0.2, 0.25) is 0 Å². The van der Waals surface area contributed by atoms with Crippen molar-refractivity contribution in [3.63, 3.8) is 0 Å². The zero-order valence-corrected chi connectivity index (χ0v) is 14.4. The highest BCUT2D eigenvalue weighted by molar-refractivity contribution is 7.99. The lowest BCUT2D eigenvalue weighted by Crippen LogP contribution is -2.31. The molecule has 0 saturated heterocycles. The number of rotatable bonds is 8. The normalized spacial score (nSPS) is 11.5. The fourth-order valence-electron chi connectivity index (χ4n) is 2.12. The molecule has 0 spiro atoms. The summed E-state index contributed by atoms with van der Waals surface area (Å²) in [6.45, 7) is 1.65. The van der Waals surface area contributed by atoms with Crippen LogP contribution in [0.3, 0.4) is 0 Å². The molecule has 1 N–H and O–H groups in total. The predicted octanol–water partition coefficient (Wildman–Crippen LogP) is 3.34. The van der Waals surface area contributed by atoms with Crippen LogP contribution in [-0.4, -0.2) is 24.2 Å². The van der Waals surface area contributed by atoms with E-state index in [2.05, 4.69) is 5.32 Å². The molecule has 1 amide bonds. The molecule has 2 aromatic carbocycles. The minimum Gasteiger partial charge on any atom is -0.455 e. The summed E-state index contributed by atoms with van der Waals surface area (Å²) in [7, 11) is 0. The number of amides is 1. The number of hydrogen-bond acceptors (Lipinski definition) is 4. The molecule has 0 saturated carbocycles. The molecule has 5 heteroatoms. The third kappa shape index (κ3) is 6.46. The van der Waals surface area contributed by atoms with Crippen molar-refractivity contribution in [1.29, 1.82) is 0 Å². The van der Waals surface area contributed by atoms with E-state index >= 15 is 0 Å². The first kappa shape index (κ1) is 18.1. The van der Waals surface area contributed by atoms with Crippen molar-refractivity contribution in [2.24, 2.45) is 0 Å². The quantitative estimate of drug-likeness (QED) is 0.747. The van der Waals surface area contributed by atoms with Crippen LogP contribution in [0.2, 0.25) is 0 Å². The van der Waals surface area contributed by atoms with E-state index in [1.54, 1.807) is 0 Å². The van der Waals surface area contributed by atoms with Crippen LogP contribution in [0.5, 0.6) is 0 Å². The van der Waals surface area contributed by atoms with Gasteiger partial charge in [0, 0.05) is 5.75 Å². The molecule has 24 heavy (non-hydrogen) atoms. The molecule has 0 aromatic heterocycles. The highest BCUT2D eigenvalue weighted by Gasteiger charge is 2.11. The topological polar surface area (TPSA) is 55.4 Å². The van der Waals surface area contributed by atoms with Gasteiger partial charge in [-0.3, -0.25) is 9.59 Å². The number of thioether (sulfide) groups is 1. The molecule has 4 nitrogen and oxygen atoms in total. The summed E-state index contributed by atoms with van der Waals surface area (Å²) >= 11 is 1.47. The van der Waals surface area contributed by atoms with Crippen LogP contribution in [-0.2, 0) is 20.1 Å². The van der Waals surface area contributed by atoms with Crippen LogP contribution in [0.25, 0.3) is 0 Å². The van der Waals surface area contributed by atoms with Crippen molar-refractivity contribution in [2.75, 3.05) is 12.4 Å². The Bertz CT molecular complexity index is 646. The van der Waals surface area contributed by atoms with Crippen molar-refractivity contribution >= 4 is 23.6 Å². The number of carbonyl (C=O) groups excluding carboxylic acids is 2. The van der Waals surface area contributed by atoms with Crippen LogP contribution in [0.15, 0.2) is 60.7 Å². The molecule has 0 unspecified atom stereocenters. The molecule has 0 bridgehead atoms. The fourth-order valence-corrected chi connectivity index (χ4v) is 2.90. The van der Waals surface area contributed by atoms with Crippen LogP contribution in [0, 0.1) is 0 Å². The molecule has 0 radical (unpaired) electrons. The first-order chi connectivity index (χ1) is 11.6. The van der Waals surface area contributed by atoms with Gasteiger partial charge in [-0.15, -0.1) is 11.8 Å². The monoisotopic (exact) mass is 343 g/mol. The van der Waals surface area contributed by atoms with E-state index < -0.39 is 0 Å². The van der Waals surface area contributed by atoms with Crippen molar-refractivity contribution < 1.29 is 14.3 Å². The number of nitrogens with one attached hydrogen (secondary N) is 1. The molecule has 0 heterocycles. The lowest BCUT2D eigenvalue weighted by Gasteiger charge is -2.14. The molecule has 0 fully saturated rings. The van der Waals surface area contributed by atoms with Crippen molar-refractivity contribution in [3.8, 4) is 0 Å². The Hall–Kier alpha value is -2.27. The van der Waals surface area contributed by atoms with Crippen molar-refractivity contribution in [1.82, 2.24) is 5.32 Å². The van der Waals surface area contributed by atoms with E-state index in [0.29, 0.717) is 0 Å². The van der Waals surface area contributed by atoms with Gasteiger partial charge < -0.3 is 10.1 Å². The van der Waals surface area contributed by atoms with Gasteiger partial charge in [0.15, 0.2) is 6.61 Å². The molecule has 0 aliphatic carbocycles. The minimum absolute atomic E-state index is 0.121. The average Bonchev–Trinajstić information content (AvgIpc) is 2.61. The van der Waals surface area contributed by atoms with E-state index in [0.717, 1.165) is 16.9 Å². The maximum absolute atomic E-state index is 11.8. The molecule has 0 aliphatic rings. The molecule has 2 aromatic rings. The number of benzene rings is 2. The standard InChI is InChI=1S/C19H21NO3S/c1-15(17-10-6-3-7-11-17)20-18(21)12-23-19(22)14-24-13-16-8-4-2-5-9-16/h2-11,15H,12-14H2,1H3,(H,20,21)/t15-/m0/s1. The van der Waals surface area contributed by atoms with Gasteiger partial charge >= 0.3 is 5.97 Å². The Morgan fingerprint density at radius 2 is 1.67 bits per heavy atom. The zero-order chi connectivity index (χ0) is 17.2. The Balaban J connectivity index is 1.63. The fraction of sp³-hybridized carbons (Fsp3) is 0.263. The maximum atomic E-state index is 11.8. The van der Waals surface area contributed by atoms with Crippen molar-refractivity contribution in [3.05, 3.63) is 71.8 Å². The van der Waals surface area contributed by atoms with Crippen LogP contribution in [0.1, 0.15) is 24.1 Å². The van der Waals surface area contributed by atoms with Gasteiger partial charge in [0.25, 0.3) is 5.91 Å². The molecule has 2 rings (SSSR count). The van der Waals surface area contributed by atoms with E-state index in [9.17, 15) is 9.59 Å². The number of esters is 1. The van der Waals surface area contributed by atoms with Crippen LogP contribution >= 0.6 is 11.8 Å². The highest BCUT2D eigenvalue weighted by atomic mass is 32.2. The lowest BCUT2D eigenvalue weighted by molar-refractivity contribution is -0.146. The smallest absolute Gasteiger partial charge is 0.316 e. The molecule has 0 aliphatic heterocycles. The summed E-state index contributed by atoms with van der Waals surface area (Å²) in [4.78, 5) is 23.5. The van der Waals surface area contributed by atoms with Gasteiger partial charge in [0.05, 0.1) is 11.8 Å². The Kier molecular flexibility index (Phi) is 7.36.